The van der Waals surface area contributed by atoms with E-state index in [0.717, 1.165) is 17.4 Å². The Hall–Kier alpha value is -1.44. The fraction of sp³-hybridized carbons (Fsp3) is 0. The summed E-state index contributed by atoms with van der Waals surface area (Å²) in [6, 6.07) is 5.91. The lowest BCUT2D eigenvalue weighted by atomic mass is 9.96. The van der Waals surface area contributed by atoms with Crippen LogP contribution in [-0.2, 0) is 0 Å². The molecule has 0 atom stereocenters. The van der Waals surface area contributed by atoms with E-state index in [-0.39, 0.29) is 26.7 Å². The zero-order valence-electron chi connectivity index (χ0n) is 12.3. The van der Waals surface area contributed by atoms with Crippen molar-refractivity contribution in [3.8, 4) is 21.6 Å². The lowest BCUT2D eigenvalue weighted by Crippen LogP contribution is -1.99. The minimum atomic E-state index is -1.09. The molecule has 3 aromatic rings. The quantitative estimate of drug-likeness (QED) is 0.229. The summed E-state index contributed by atoms with van der Waals surface area (Å²) in [5.74, 6) is -2.05. The second-order valence-corrected chi connectivity index (χ2v) is 7.90. The van der Waals surface area contributed by atoms with Gasteiger partial charge in [0, 0.05) is 28.1 Å². The minimum absolute atomic E-state index is 0.0248. The van der Waals surface area contributed by atoms with Gasteiger partial charge in [0.1, 0.15) is 11.6 Å². The van der Waals surface area contributed by atoms with E-state index >= 15 is 0 Å². The Morgan fingerprint density at radius 2 is 1.58 bits per heavy atom. The molecule has 0 amide bonds. The Bertz CT molecular complexity index is 1060. The first-order valence-corrected chi connectivity index (χ1v) is 9.11. The highest BCUT2D eigenvalue weighted by Crippen LogP contribution is 2.50. The van der Waals surface area contributed by atoms with E-state index in [1.165, 1.54) is 18.2 Å². The minimum Gasteiger partial charge on any atom is -0.258 e. The van der Waals surface area contributed by atoms with Crippen LogP contribution in [0.4, 0.5) is 14.5 Å². The molecule has 0 aliphatic heterocycles. The Balaban J connectivity index is 2.51. The lowest BCUT2D eigenvalue weighted by molar-refractivity contribution is -0.384. The molecule has 0 bridgehead atoms. The predicted octanol–water partition coefficient (Wildman–Crippen LogP) is 7.88. The van der Waals surface area contributed by atoms with Crippen LogP contribution in [0.3, 0.4) is 0 Å². The molecule has 2 aromatic carbocycles. The van der Waals surface area contributed by atoms with Crippen LogP contribution in [0.1, 0.15) is 0 Å². The van der Waals surface area contributed by atoms with Crippen LogP contribution < -0.4 is 0 Å². The fourth-order valence-corrected chi connectivity index (χ4v) is 4.20. The smallest absolute Gasteiger partial charge is 0.258 e. The number of nitro groups is 1. The van der Waals surface area contributed by atoms with Crippen molar-refractivity contribution in [1.82, 2.24) is 0 Å². The van der Waals surface area contributed by atoms with Gasteiger partial charge in [-0.3, -0.25) is 10.1 Å². The number of halogens is 6. The molecule has 0 radical (unpaired) electrons. The third kappa shape index (κ3) is 3.28. The Kier molecular flexibility index (Phi) is 5.42. The highest BCUT2D eigenvalue weighted by atomic mass is 35.5. The summed E-state index contributed by atoms with van der Waals surface area (Å²) in [6.07, 6.45) is 0. The molecule has 0 fully saturated rings. The second-order valence-electron chi connectivity index (χ2n) is 5.02. The van der Waals surface area contributed by atoms with Crippen LogP contribution in [-0.4, -0.2) is 4.92 Å². The summed E-state index contributed by atoms with van der Waals surface area (Å²) in [7, 11) is 0. The number of rotatable bonds is 3. The molecule has 0 unspecified atom stereocenters. The van der Waals surface area contributed by atoms with E-state index in [0.29, 0.717) is 15.3 Å². The van der Waals surface area contributed by atoms with Crippen LogP contribution in [0.2, 0.25) is 19.4 Å². The van der Waals surface area contributed by atoms with Crippen LogP contribution >= 0.6 is 57.7 Å². The van der Waals surface area contributed by atoms with Crippen molar-refractivity contribution in [1.29, 1.82) is 0 Å². The van der Waals surface area contributed by atoms with Gasteiger partial charge >= 0.3 is 0 Å². The summed E-state index contributed by atoms with van der Waals surface area (Å²) in [4.78, 5) is 11.0. The van der Waals surface area contributed by atoms with Crippen molar-refractivity contribution in [3.63, 3.8) is 0 Å². The van der Waals surface area contributed by atoms with Crippen molar-refractivity contribution in [2.75, 3.05) is 0 Å². The standard InChI is InChI=1S/C16H5Cl4F2NO2S/c17-6-1-2-9(23(24)25)13(15(6)19)14-12(10-3-4-11(18)26-10)7(21)5-8(22)16(14)20/h1-5H. The molecule has 134 valence electrons. The average Bonchev–Trinajstić information content (AvgIpc) is 2.99. The van der Waals surface area contributed by atoms with E-state index in [9.17, 15) is 18.9 Å². The first-order valence-electron chi connectivity index (χ1n) is 6.78. The van der Waals surface area contributed by atoms with Crippen molar-refractivity contribution in [3.05, 3.63) is 71.5 Å². The van der Waals surface area contributed by atoms with Crippen molar-refractivity contribution >= 4 is 63.4 Å². The topological polar surface area (TPSA) is 43.1 Å². The molecule has 3 rings (SSSR count). The van der Waals surface area contributed by atoms with Crippen LogP contribution in [0.5, 0.6) is 0 Å². The summed E-state index contributed by atoms with van der Waals surface area (Å²) in [6.45, 7) is 0. The van der Waals surface area contributed by atoms with Crippen LogP contribution in [0, 0.1) is 21.7 Å². The second kappa shape index (κ2) is 7.29. The Labute approximate surface area is 169 Å². The maximum atomic E-state index is 14.7. The monoisotopic (exact) mass is 453 g/mol. The van der Waals surface area contributed by atoms with Crippen LogP contribution in [0.25, 0.3) is 21.6 Å². The van der Waals surface area contributed by atoms with Gasteiger partial charge in [0.05, 0.1) is 29.9 Å². The van der Waals surface area contributed by atoms with Gasteiger partial charge in [0.25, 0.3) is 5.69 Å². The third-order valence-corrected chi connectivity index (χ3v) is 5.93. The van der Waals surface area contributed by atoms with E-state index in [2.05, 4.69) is 0 Å². The number of nitrogens with zero attached hydrogens (tertiary/aromatic N) is 1. The van der Waals surface area contributed by atoms with Gasteiger partial charge in [-0.15, -0.1) is 11.3 Å². The summed E-state index contributed by atoms with van der Waals surface area (Å²) < 4.78 is 29.2. The molecule has 1 heterocycles. The molecule has 0 N–H and O–H groups in total. The molecule has 0 saturated carbocycles. The van der Waals surface area contributed by atoms with Gasteiger partial charge in [-0.05, 0) is 18.2 Å². The maximum Gasteiger partial charge on any atom is 0.278 e. The molecule has 10 heteroatoms. The fourth-order valence-electron chi connectivity index (χ4n) is 2.45. The zero-order valence-corrected chi connectivity index (χ0v) is 16.2. The van der Waals surface area contributed by atoms with E-state index in [1.54, 1.807) is 0 Å². The highest BCUT2D eigenvalue weighted by molar-refractivity contribution is 7.19. The summed E-state index contributed by atoms with van der Waals surface area (Å²) in [5, 5.41) is 10.7. The molecule has 3 nitrogen and oxygen atoms in total. The highest BCUT2D eigenvalue weighted by Gasteiger charge is 2.29. The van der Waals surface area contributed by atoms with Crippen molar-refractivity contribution in [2.45, 2.75) is 0 Å². The number of thiophene rings is 1. The van der Waals surface area contributed by atoms with Gasteiger partial charge in [0.15, 0.2) is 0 Å². The molecule has 26 heavy (non-hydrogen) atoms. The Morgan fingerprint density at radius 1 is 0.885 bits per heavy atom. The number of benzene rings is 2. The van der Waals surface area contributed by atoms with E-state index in [1.807, 2.05) is 0 Å². The van der Waals surface area contributed by atoms with Crippen LogP contribution in [0.15, 0.2) is 30.3 Å². The number of nitro benzene ring substituents is 1. The van der Waals surface area contributed by atoms with E-state index < -0.39 is 27.3 Å². The zero-order chi connectivity index (χ0) is 19.2. The van der Waals surface area contributed by atoms with Gasteiger partial charge in [0.2, 0.25) is 0 Å². The van der Waals surface area contributed by atoms with Gasteiger partial charge in [-0.1, -0.05) is 46.4 Å². The van der Waals surface area contributed by atoms with Crippen molar-refractivity contribution < 1.29 is 13.7 Å². The SMILES string of the molecule is O=[N+]([O-])c1ccc(Cl)c(Cl)c1-c1c(Cl)c(F)cc(F)c1-c1ccc(Cl)s1. The molecule has 0 saturated heterocycles. The summed E-state index contributed by atoms with van der Waals surface area (Å²) >= 11 is 25.1. The molecule has 0 spiro atoms. The normalized spacial score (nSPS) is 11.0. The molecular formula is C16H5Cl4F2NO2S. The molecule has 1 aromatic heterocycles. The third-order valence-electron chi connectivity index (χ3n) is 3.51. The number of hydrogen-bond acceptors (Lipinski definition) is 3. The van der Waals surface area contributed by atoms with Gasteiger partial charge in [-0.25, -0.2) is 8.78 Å². The predicted molar refractivity (Wildman–Crippen MR) is 102 cm³/mol. The number of hydrogen-bond donors (Lipinski definition) is 0. The first-order chi connectivity index (χ1) is 12.2. The van der Waals surface area contributed by atoms with Gasteiger partial charge < -0.3 is 0 Å². The van der Waals surface area contributed by atoms with Gasteiger partial charge in [-0.2, -0.15) is 0 Å². The molecule has 0 aliphatic carbocycles. The molecule has 0 aliphatic rings. The van der Waals surface area contributed by atoms with E-state index in [4.69, 9.17) is 46.4 Å². The van der Waals surface area contributed by atoms with Crippen molar-refractivity contribution in [2.24, 2.45) is 0 Å². The first kappa shape index (κ1) is 19.3. The average molecular weight is 455 g/mol. The maximum absolute atomic E-state index is 14.7. The molecular weight excluding hydrogens is 450 g/mol. The lowest BCUT2D eigenvalue weighted by Gasteiger charge is -2.15. The summed E-state index contributed by atoms with van der Waals surface area (Å²) in [5.41, 5.74) is -1.18. The largest absolute Gasteiger partial charge is 0.278 e. The Morgan fingerprint density at radius 3 is 2.15 bits per heavy atom.